The van der Waals surface area contributed by atoms with Crippen LogP contribution in [-0.2, 0) is 7.05 Å². The number of aryl methyl sites for hydroxylation is 3. The van der Waals surface area contributed by atoms with E-state index in [1.807, 2.05) is 26.0 Å². The minimum Gasteiger partial charge on any atom is -0.316 e. The van der Waals surface area contributed by atoms with E-state index < -0.39 is 11.5 Å². The lowest BCUT2D eigenvalue weighted by Crippen LogP contribution is -2.41. The Kier molecular flexibility index (Phi) is 3.01. The van der Waals surface area contributed by atoms with Gasteiger partial charge in [0.05, 0.1) is 0 Å². The van der Waals surface area contributed by atoms with E-state index in [4.69, 9.17) is 0 Å². The molecule has 0 saturated carbocycles. The minimum atomic E-state index is -0.695. The zero-order chi connectivity index (χ0) is 13.3. The van der Waals surface area contributed by atoms with Crippen molar-refractivity contribution in [1.82, 2.24) is 5.27 Å². The molecule has 6 nitrogen and oxygen atoms in total. The van der Waals surface area contributed by atoms with E-state index in [-0.39, 0.29) is 5.69 Å². The Morgan fingerprint density at radius 1 is 1.39 bits per heavy atom. The largest absolute Gasteiger partial charge is 0.440 e. The zero-order valence-corrected chi connectivity index (χ0v) is 10.4. The van der Waals surface area contributed by atoms with Crippen molar-refractivity contribution in [3.8, 4) is 0 Å². The van der Waals surface area contributed by atoms with Gasteiger partial charge in [-0.2, -0.15) is 0 Å². The highest BCUT2D eigenvalue weighted by Gasteiger charge is 2.26. The second-order valence-corrected chi connectivity index (χ2v) is 4.16. The molecule has 1 amide bonds. The number of aromatic nitrogens is 2. The number of hydrogen-bond donors (Lipinski definition) is 2. The second kappa shape index (κ2) is 4.48. The van der Waals surface area contributed by atoms with Gasteiger partial charge in [-0.05, 0) is 30.7 Å². The third-order valence-electron chi connectivity index (χ3n) is 2.65. The van der Waals surface area contributed by atoms with E-state index in [2.05, 4.69) is 15.1 Å². The average molecular weight is 248 g/mol. The van der Waals surface area contributed by atoms with Crippen LogP contribution in [0.25, 0.3) is 0 Å². The number of hydrogen-bond acceptors (Lipinski definition) is 3. The summed E-state index contributed by atoms with van der Waals surface area (Å²) in [6.07, 6.45) is 0. The van der Waals surface area contributed by atoms with Gasteiger partial charge in [-0.25, -0.2) is 4.79 Å². The number of amides is 1. The molecule has 2 rings (SSSR count). The van der Waals surface area contributed by atoms with Crippen molar-refractivity contribution in [1.29, 1.82) is 0 Å². The first-order valence-corrected chi connectivity index (χ1v) is 5.45. The molecule has 1 aromatic heterocycles. The van der Waals surface area contributed by atoms with E-state index in [9.17, 15) is 9.59 Å². The number of aromatic amines is 1. The summed E-state index contributed by atoms with van der Waals surface area (Å²) in [7, 11) is 1.53. The van der Waals surface area contributed by atoms with Gasteiger partial charge < -0.3 is 5.32 Å². The Morgan fingerprint density at radius 3 is 2.67 bits per heavy atom. The number of nitrogens with zero attached hydrogens (tertiary/aromatic N) is 1. The Bertz CT molecular complexity index is 655. The van der Waals surface area contributed by atoms with Crippen LogP contribution in [-0.4, -0.2) is 11.2 Å². The highest BCUT2D eigenvalue weighted by molar-refractivity contribution is 6.01. The molecular weight excluding hydrogens is 234 g/mol. The zero-order valence-electron chi connectivity index (χ0n) is 10.4. The summed E-state index contributed by atoms with van der Waals surface area (Å²) in [5.41, 5.74) is 1.95. The molecule has 0 radical (unpaired) electrons. The first-order chi connectivity index (χ1) is 8.49. The smallest absolute Gasteiger partial charge is 0.316 e. The Balaban J connectivity index is 2.30. The van der Waals surface area contributed by atoms with Crippen molar-refractivity contribution in [2.75, 3.05) is 5.32 Å². The first-order valence-electron chi connectivity index (χ1n) is 5.45. The van der Waals surface area contributed by atoms with Crippen LogP contribution in [0.3, 0.4) is 0 Å². The number of carbonyl (C=O) groups is 1. The molecule has 2 aromatic rings. The fourth-order valence-corrected chi connectivity index (χ4v) is 1.72. The molecular formula is C12H14N3O3+. The van der Waals surface area contributed by atoms with Gasteiger partial charge in [0, 0.05) is 5.69 Å². The van der Waals surface area contributed by atoms with Gasteiger partial charge in [0.1, 0.15) is 0 Å². The molecule has 0 spiro atoms. The van der Waals surface area contributed by atoms with Crippen LogP contribution in [0.4, 0.5) is 5.69 Å². The van der Waals surface area contributed by atoms with Gasteiger partial charge in [-0.15, -0.1) is 0 Å². The molecule has 94 valence electrons. The lowest BCUT2D eigenvalue weighted by Gasteiger charge is -2.06. The summed E-state index contributed by atoms with van der Waals surface area (Å²) < 4.78 is 5.76. The molecule has 0 unspecified atom stereocenters. The minimum absolute atomic E-state index is 0.0741. The molecule has 0 atom stereocenters. The van der Waals surface area contributed by atoms with Crippen LogP contribution < -0.4 is 15.6 Å². The van der Waals surface area contributed by atoms with Crippen LogP contribution in [0.2, 0.25) is 0 Å². The molecule has 0 bridgehead atoms. The lowest BCUT2D eigenvalue weighted by atomic mass is 10.1. The second-order valence-electron chi connectivity index (χ2n) is 4.16. The van der Waals surface area contributed by atoms with Gasteiger partial charge in [0.15, 0.2) is 7.05 Å². The number of H-pyrrole nitrogens is 1. The summed E-state index contributed by atoms with van der Waals surface area (Å²) in [6, 6.07) is 5.65. The summed E-state index contributed by atoms with van der Waals surface area (Å²) >= 11 is 0. The Morgan fingerprint density at radius 2 is 2.11 bits per heavy atom. The van der Waals surface area contributed by atoms with Crippen molar-refractivity contribution in [2.45, 2.75) is 13.8 Å². The number of carbonyl (C=O) groups excluding carboxylic acids is 1. The summed E-state index contributed by atoms with van der Waals surface area (Å²) in [6.45, 7) is 3.86. The number of nitrogens with one attached hydrogen (secondary N) is 2. The monoisotopic (exact) mass is 248 g/mol. The van der Waals surface area contributed by atoms with Crippen molar-refractivity contribution < 1.29 is 14.0 Å². The van der Waals surface area contributed by atoms with Crippen LogP contribution in [0.15, 0.2) is 27.5 Å². The molecule has 1 heterocycles. The van der Waals surface area contributed by atoms with Crippen molar-refractivity contribution in [3.05, 3.63) is 45.4 Å². The Hall–Kier alpha value is -2.37. The summed E-state index contributed by atoms with van der Waals surface area (Å²) in [4.78, 5) is 23.3. The number of rotatable bonds is 2. The van der Waals surface area contributed by atoms with Crippen LogP contribution in [0.5, 0.6) is 0 Å². The van der Waals surface area contributed by atoms with Crippen molar-refractivity contribution in [3.63, 3.8) is 0 Å². The molecule has 2 N–H and O–H groups in total. The van der Waals surface area contributed by atoms with Crippen molar-refractivity contribution in [2.24, 2.45) is 7.05 Å². The molecule has 18 heavy (non-hydrogen) atoms. The topological polar surface area (TPSA) is 79.0 Å². The molecule has 1 aromatic carbocycles. The van der Waals surface area contributed by atoms with Gasteiger partial charge in [-0.3, -0.25) is 9.32 Å². The van der Waals surface area contributed by atoms with Crippen LogP contribution in [0.1, 0.15) is 21.6 Å². The summed E-state index contributed by atoms with van der Waals surface area (Å²) in [5, 5.41) is 4.98. The van der Waals surface area contributed by atoms with E-state index in [0.29, 0.717) is 5.69 Å². The standard InChI is InChI=1S/C12H13N3O3/c1-7-4-5-9(8(2)6-7)13-11(16)10-12(17)18-14-15(10)3/h4-6H,1-3H3,(H-,13,14,16,17)/p+1. The van der Waals surface area contributed by atoms with Crippen LogP contribution in [0, 0.1) is 13.8 Å². The maximum Gasteiger partial charge on any atom is 0.440 e. The highest BCUT2D eigenvalue weighted by Crippen LogP contribution is 2.16. The van der Waals surface area contributed by atoms with Crippen LogP contribution >= 0.6 is 0 Å². The van der Waals surface area contributed by atoms with Gasteiger partial charge in [0.2, 0.25) is 0 Å². The van der Waals surface area contributed by atoms with Crippen molar-refractivity contribution >= 4 is 11.6 Å². The fraction of sp³-hybridized carbons (Fsp3) is 0.250. The molecule has 0 fully saturated rings. The highest BCUT2D eigenvalue weighted by atomic mass is 16.5. The van der Waals surface area contributed by atoms with E-state index in [0.717, 1.165) is 11.1 Å². The molecule has 0 aliphatic rings. The molecule has 6 heteroatoms. The van der Waals surface area contributed by atoms with E-state index in [1.54, 1.807) is 6.07 Å². The first kappa shape index (κ1) is 12.1. The molecule has 0 saturated heterocycles. The average Bonchev–Trinajstić information content (AvgIpc) is 2.62. The SMILES string of the molecule is Cc1ccc(NC(=O)c2c(=O)o[nH][n+]2C)c(C)c1. The number of anilines is 1. The molecule has 0 aliphatic carbocycles. The van der Waals surface area contributed by atoms with Gasteiger partial charge in [0.25, 0.3) is 0 Å². The predicted molar refractivity (Wildman–Crippen MR) is 64.4 cm³/mol. The quantitative estimate of drug-likeness (QED) is 0.766. The van der Waals surface area contributed by atoms with Gasteiger partial charge in [-0.1, -0.05) is 22.4 Å². The fourth-order valence-electron chi connectivity index (χ4n) is 1.72. The van der Waals surface area contributed by atoms with Gasteiger partial charge >= 0.3 is 17.2 Å². The maximum atomic E-state index is 11.9. The lowest BCUT2D eigenvalue weighted by molar-refractivity contribution is -0.741. The third-order valence-corrected chi connectivity index (χ3v) is 2.65. The molecule has 0 aliphatic heterocycles. The van der Waals surface area contributed by atoms with E-state index in [1.165, 1.54) is 11.7 Å². The van der Waals surface area contributed by atoms with E-state index >= 15 is 0 Å². The number of benzene rings is 1. The predicted octanol–water partition coefficient (Wildman–Crippen LogP) is 0.662. The normalized spacial score (nSPS) is 10.4. The maximum absolute atomic E-state index is 11.9. The third kappa shape index (κ3) is 2.17. The Labute approximate surface area is 103 Å². The summed E-state index contributed by atoms with van der Waals surface area (Å²) in [5.74, 6) is -0.501.